The summed E-state index contributed by atoms with van der Waals surface area (Å²) in [5.74, 6) is 0.875. The lowest BCUT2D eigenvalue weighted by atomic mass is 9.75. The summed E-state index contributed by atoms with van der Waals surface area (Å²) in [5, 5.41) is 0. The average molecular weight is 388 g/mol. The first-order valence-electron chi connectivity index (χ1n) is 10.4. The van der Waals surface area contributed by atoms with Crippen LogP contribution in [-0.4, -0.2) is 28.0 Å². The average Bonchev–Trinajstić information content (AvgIpc) is 3.18. The zero-order valence-electron chi connectivity index (χ0n) is 17.5. The van der Waals surface area contributed by atoms with Gasteiger partial charge in [-0.25, -0.2) is 0 Å². The molecule has 0 N–H and O–H groups in total. The molecule has 29 heavy (non-hydrogen) atoms. The van der Waals surface area contributed by atoms with Gasteiger partial charge in [0.05, 0.1) is 11.3 Å². The number of rotatable bonds is 4. The molecule has 1 saturated carbocycles. The molecular formula is C25H29N3O. The Morgan fingerprint density at radius 1 is 1.28 bits per heavy atom. The lowest BCUT2D eigenvalue weighted by molar-refractivity contribution is 0.372. The number of benzene rings is 1. The van der Waals surface area contributed by atoms with Gasteiger partial charge < -0.3 is 9.47 Å². The fourth-order valence-corrected chi connectivity index (χ4v) is 5.09. The molecule has 1 aliphatic carbocycles. The molecule has 0 radical (unpaired) electrons. The Balaban J connectivity index is 1.89. The number of likely N-dealkylation sites (N-methyl/N-ethyl adjacent to an activating group) is 1. The smallest absolute Gasteiger partial charge is 0.280 e. The van der Waals surface area contributed by atoms with E-state index in [1.165, 1.54) is 24.0 Å². The van der Waals surface area contributed by atoms with E-state index < -0.39 is 0 Å². The SMILES string of the molecule is C=C=C1c2c(C=C)c(=O)nc(CC3(c4cccc(C)c4)CCCC3)n2CCN1C. The molecule has 0 unspecified atom stereocenters. The number of aromatic nitrogens is 2. The van der Waals surface area contributed by atoms with E-state index in [1.54, 1.807) is 6.08 Å². The summed E-state index contributed by atoms with van der Waals surface area (Å²) >= 11 is 0. The topological polar surface area (TPSA) is 38.1 Å². The highest BCUT2D eigenvalue weighted by molar-refractivity contribution is 5.70. The molecule has 1 aromatic heterocycles. The second kappa shape index (κ2) is 7.53. The number of nitrogens with zero attached hydrogens (tertiary/aromatic N) is 3. The molecule has 4 nitrogen and oxygen atoms in total. The van der Waals surface area contributed by atoms with Crippen LogP contribution in [0.5, 0.6) is 0 Å². The number of hydrogen-bond acceptors (Lipinski definition) is 3. The molecule has 0 atom stereocenters. The second-order valence-corrected chi connectivity index (χ2v) is 8.43. The Morgan fingerprint density at radius 2 is 2.03 bits per heavy atom. The van der Waals surface area contributed by atoms with Gasteiger partial charge >= 0.3 is 0 Å². The summed E-state index contributed by atoms with van der Waals surface area (Å²) in [6.07, 6.45) is 7.11. The molecule has 1 fully saturated rings. The molecule has 4 rings (SSSR count). The molecule has 150 valence electrons. The summed E-state index contributed by atoms with van der Waals surface area (Å²) in [5.41, 5.74) is 7.78. The summed E-state index contributed by atoms with van der Waals surface area (Å²) in [6.45, 7) is 11.5. The zero-order valence-corrected chi connectivity index (χ0v) is 17.5. The normalized spacial score (nSPS) is 17.7. The minimum absolute atomic E-state index is 0.0450. The lowest BCUT2D eigenvalue weighted by Crippen LogP contribution is -2.38. The maximum atomic E-state index is 12.9. The molecule has 2 aromatic rings. The summed E-state index contributed by atoms with van der Waals surface area (Å²) < 4.78 is 2.21. The van der Waals surface area contributed by atoms with Gasteiger partial charge in [0, 0.05) is 32.0 Å². The third-order valence-corrected chi connectivity index (χ3v) is 6.62. The Bertz CT molecular complexity index is 1070. The molecule has 0 spiro atoms. The first-order valence-corrected chi connectivity index (χ1v) is 10.4. The number of fused-ring (bicyclic) bond motifs is 1. The van der Waals surface area contributed by atoms with Gasteiger partial charge in [-0.2, -0.15) is 4.98 Å². The van der Waals surface area contributed by atoms with Gasteiger partial charge in [-0.05, 0) is 25.3 Å². The standard InChI is InChI=1S/C25H29N3O/c1-5-20-23-21(6-2)27(4)14-15-28(23)22(26-24(20)29)17-25(12-7-8-13-25)19-11-9-10-18(3)16-19/h5,9-11,16H,1-2,7-8,12-15,17H2,3-4H3. The van der Waals surface area contributed by atoms with Gasteiger partial charge in [0.15, 0.2) is 0 Å². The van der Waals surface area contributed by atoms with Crippen LogP contribution in [0, 0.1) is 6.92 Å². The van der Waals surface area contributed by atoms with Crippen molar-refractivity contribution < 1.29 is 0 Å². The van der Waals surface area contributed by atoms with Crippen LogP contribution in [0.2, 0.25) is 0 Å². The van der Waals surface area contributed by atoms with Gasteiger partial charge in [0.25, 0.3) is 5.56 Å². The van der Waals surface area contributed by atoms with Crippen LogP contribution in [0.1, 0.15) is 53.9 Å². The van der Waals surface area contributed by atoms with E-state index in [0.29, 0.717) is 5.56 Å². The number of hydrogen-bond donors (Lipinski definition) is 0. The van der Waals surface area contributed by atoms with E-state index in [9.17, 15) is 4.79 Å². The quantitative estimate of drug-likeness (QED) is 0.734. The van der Waals surface area contributed by atoms with E-state index in [-0.39, 0.29) is 11.0 Å². The Morgan fingerprint density at radius 3 is 2.69 bits per heavy atom. The van der Waals surface area contributed by atoms with Crippen molar-refractivity contribution in [2.24, 2.45) is 0 Å². The van der Waals surface area contributed by atoms with Crippen LogP contribution in [-0.2, 0) is 18.4 Å². The van der Waals surface area contributed by atoms with E-state index >= 15 is 0 Å². The van der Waals surface area contributed by atoms with Gasteiger partial charge in [-0.15, -0.1) is 5.73 Å². The van der Waals surface area contributed by atoms with E-state index in [2.05, 4.69) is 64.5 Å². The van der Waals surface area contributed by atoms with Crippen molar-refractivity contribution in [2.75, 3.05) is 13.6 Å². The van der Waals surface area contributed by atoms with Crippen LogP contribution in [0.3, 0.4) is 0 Å². The molecule has 1 aromatic carbocycles. The van der Waals surface area contributed by atoms with Gasteiger partial charge in [0.1, 0.15) is 11.5 Å². The highest BCUT2D eigenvalue weighted by atomic mass is 16.1. The van der Waals surface area contributed by atoms with Crippen molar-refractivity contribution in [3.05, 3.63) is 81.7 Å². The summed E-state index contributed by atoms with van der Waals surface area (Å²) in [7, 11) is 2.01. The van der Waals surface area contributed by atoms with Crippen LogP contribution in [0.15, 0.2) is 47.9 Å². The minimum atomic E-state index is -0.207. The first-order chi connectivity index (χ1) is 14.0. The third kappa shape index (κ3) is 3.28. The minimum Gasteiger partial charge on any atom is -0.365 e. The Hall–Kier alpha value is -2.84. The van der Waals surface area contributed by atoms with Gasteiger partial charge in [-0.1, -0.05) is 61.9 Å². The van der Waals surface area contributed by atoms with Crippen LogP contribution in [0.4, 0.5) is 0 Å². The molecule has 0 bridgehead atoms. The molecule has 0 saturated heterocycles. The molecule has 2 aliphatic rings. The van der Waals surface area contributed by atoms with Crippen LogP contribution in [0.25, 0.3) is 11.8 Å². The molecule has 2 heterocycles. The monoisotopic (exact) mass is 387 g/mol. The van der Waals surface area contributed by atoms with Crippen molar-refractivity contribution in [1.82, 2.24) is 14.5 Å². The third-order valence-electron chi connectivity index (χ3n) is 6.62. The Kier molecular flexibility index (Phi) is 5.06. The van der Waals surface area contributed by atoms with Crippen molar-refractivity contribution in [3.8, 4) is 0 Å². The Labute approximate surface area is 172 Å². The largest absolute Gasteiger partial charge is 0.365 e. The van der Waals surface area contributed by atoms with Crippen molar-refractivity contribution in [2.45, 2.75) is 51.0 Å². The highest BCUT2D eigenvalue weighted by Crippen LogP contribution is 2.44. The van der Waals surface area contributed by atoms with Crippen molar-refractivity contribution in [3.63, 3.8) is 0 Å². The lowest BCUT2D eigenvalue weighted by Gasteiger charge is -2.35. The molecular weight excluding hydrogens is 358 g/mol. The zero-order chi connectivity index (χ0) is 20.6. The summed E-state index contributed by atoms with van der Waals surface area (Å²) in [4.78, 5) is 19.6. The summed E-state index contributed by atoms with van der Waals surface area (Å²) in [6, 6.07) is 8.84. The molecule has 1 aliphatic heterocycles. The molecule has 4 heteroatoms. The van der Waals surface area contributed by atoms with Crippen molar-refractivity contribution in [1.29, 1.82) is 0 Å². The predicted octanol–water partition coefficient (Wildman–Crippen LogP) is 4.32. The van der Waals surface area contributed by atoms with E-state index in [4.69, 9.17) is 0 Å². The van der Waals surface area contributed by atoms with Crippen molar-refractivity contribution >= 4 is 11.8 Å². The second-order valence-electron chi connectivity index (χ2n) is 8.43. The fourth-order valence-electron chi connectivity index (χ4n) is 5.09. The van der Waals surface area contributed by atoms with E-state index in [0.717, 1.165) is 49.6 Å². The number of aryl methyl sites for hydroxylation is 1. The van der Waals surface area contributed by atoms with Gasteiger partial charge in [-0.3, -0.25) is 4.79 Å². The fraction of sp³-hybridized carbons (Fsp3) is 0.400. The van der Waals surface area contributed by atoms with E-state index in [1.807, 2.05) is 7.05 Å². The highest BCUT2D eigenvalue weighted by Gasteiger charge is 2.38. The first kappa shape index (κ1) is 19.5. The van der Waals surface area contributed by atoms with Gasteiger partial charge in [0.2, 0.25) is 0 Å². The van der Waals surface area contributed by atoms with Crippen LogP contribution >= 0.6 is 0 Å². The maximum Gasteiger partial charge on any atom is 0.280 e. The predicted molar refractivity (Wildman–Crippen MR) is 119 cm³/mol. The molecule has 0 amide bonds. The van der Waals surface area contributed by atoms with Crippen LogP contribution < -0.4 is 5.56 Å². The maximum absolute atomic E-state index is 12.9.